The first-order valence-corrected chi connectivity index (χ1v) is 9.53. The van der Waals surface area contributed by atoms with Gasteiger partial charge in [0.05, 0.1) is 16.6 Å². The van der Waals surface area contributed by atoms with E-state index in [1.165, 1.54) is 49.2 Å². The molecule has 0 bridgehead atoms. The van der Waals surface area contributed by atoms with E-state index in [0.29, 0.717) is 0 Å². The summed E-state index contributed by atoms with van der Waals surface area (Å²) in [7, 11) is 0. The number of halogens is 1. The molecule has 2 aromatic heterocycles. The van der Waals surface area contributed by atoms with E-state index in [-0.39, 0.29) is 0 Å². The van der Waals surface area contributed by atoms with Gasteiger partial charge in [0.25, 0.3) is 0 Å². The molecule has 2 heterocycles. The van der Waals surface area contributed by atoms with Gasteiger partial charge in [0.1, 0.15) is 0 Å². The number of benzene rings is 4. The van der Waals surface area contributed by atoms with Gasteiger partial charge < -0.3 is 4.40 Å². The number of fused-ring (bicyclic) bond motifs is 6. The Balaban J connectivity index is 1.87. The monoisotopic (exact) mass is 395 g/mol. The summed E-state index contributed by atoms with van der Waals surface area (Å²) in [5.41, 5.74) is 6.39. The number of rotatable bonds is 1. The third kappa shape index (κ3) is 1.80. The lowest BCUT2D eigenvalue weighted by Gasteiger charge is -2.04. The second kappa shape index (κ2) is 5.09. The van der Waals surface area contributed by atoms with Crippen molar-refractivity contribution in [3.05, 3.63) is 89.4 Å². The summed E-state index contributed by atoms with van der Waals surface area (Å²) >= 11 is 3.54. The Bertz CT molecular complexity index is 1340. The van der Waals surface area contributed by atoms with Crippen LogP contribution in [0.1, 0.15) is 0 Å². The van der Waals surface area contributed by atoms with Gasteiger partial charge in [-0.15, -0.1) is 0 Å². The van der Waals surface area contributed by atoms with E-state index in [9.17, 15) is 0 Å². The van der Waals surface area contributed by atoms with Crippen LogP contribution in [0, 0.1) is 0 Å². The van der Waals surface area contributed by atoms with E-state index in [1.807, 2.05) is 0 Å². The molecule has 0 aliphatic heterocycles. The van der Waals surface area contributed by atoms with Crippen molar-refractivity contribution >= 4 is 54.0 Å². The number of hydrogen-bond donors (Lipinski definition) is 0. The van der Waals surface area contributed by atoms with Gasteiger partial charge in [-0.2, -0.15) is 0 Å². The van der Waals surface area contributed by atoms with E-state index in [4.69, 9.17) is 0 Å². The normalized spacial score (nSPS) is 12.0. The Morgan fingerprint density at radius 3 is 1.65 bits per heavy atom. The maximum atomic E-state index is 3.54. The topological polar surface area (TPSA) is 4.41 Å². The smallest absolute Gasteiger partial charge is 0.0620 e. The van der Waals surface area contributed by atoms with Crippen LogP contribution in [0.25, 0.3) is 49.2 Å². The van der Waals surface area contributed by atoms with E-state index in [2.05, 4.69) is 105 Å². The van der Waals surface area contributed by atoms with Crippen LogP contribution in [0.4, 0.5) is 0 Å². The maximum absolute atomic E-state index is 3.54. The van der Waals surface area contributed by atoms with Gasteiger partial charge in [-0.3, -0.25) is 0 Å². The summed E-state index contributed by atoms with van der Waals surface area (Å²) in [4.78, 5) is 0. The van der Waals surface area contributed by atoms with Crippen molar-refractivity contribution in [2.75, 3.05) is 0 Å². The summed E-state index contributed by atoms with van der Waals surface area (Å²) in [6, 6.07) is 30.7. The first-order chi connectivity index (χ1) is 12.8. The first-order valence-electron chi connectivity index (χ1n) is 8.74. The van der Waals surface area contributed by atoms with Crippen LogP contribution in [0.5, 0.6) is 0 Å². The van der Waals surface area contributed by atoms with E-state index in [1.54, 1.807) is 0 Å². The minimum absolute atomic E-state index is 1.11. The summed E-state index contributed by atoms with van der Waals surface area (Å²) in [5.74, 6) is 0. The van der Waals surface area contributed by atoms with Crippen molar-refractivity contribution in [2.45, 2.75) is 0 Å². The summed E-state index contributed by atoms with van der Waals surface area (Å²) in [5, 5.41) is 5.29. The fourth-order valence-electron chi connectivity index (χ4n) is 4.26. The Morgan fingerprint density at radius 1 is 0.538 bits per heavy atom. The summed E-state index contributed by atoms with van der Waals surface area (Å²) < 4.78 is 3.52. The molecule has 4 aromatic carbocycles. The van der Waals surface area contributed by atoms with Crippen LogP contribution in [0.15, 0.2) is 89.4 Å². The lowest BCUT2D eigenvalue weighted by molar-refractivity contribution is 1.37. The van der Waals surface area contributed by atoms with Gasteiger partial charge in [0.2, 0.25) is 0 Å². The Labute approximate surface area is 158 Å². The van der Waals surface area contributed by atoms with Crippen molar-refractivity contribution in [3.63, 3.8) is 0 Å². The average Bonchev–Trinajstić information content (AvgIpc) is 3.20. The molecule has 0 fully saturated rings. The quantitative estimate of drug-likeness (QED) is 0.275. The molecule has 0 spiro atoms. The van der Waals surface area contributed by atoms with Gasteiger partial charge in [-0.1, -0.05) is 64.5 Å². The Kier molecular flexibility index (Phi) is 2.81. The van der Waals surface area contributed by atoms with E-state index < -0.39 is 0 Å². The fourth-order valence-corrected chi connectivity index (χ4v) is 4.52. The van der Waals surface area contributed by atoms with Gasteiger partial charge in [-0.05, 0) is 47.5 Å². The lowest BCUT2D eigenvalue weighted by Crippen LogP contribution is -1.79. The molecular formula is C24H14BrN. The second-order valence-electron chi connectivity index (χ2n) is 6.80. The number of aromatic nitrogens is 1. The van der Waals surface area contributed by atoms with Gasteiger partial charge >= 0.3 is 0 Å². The average molecular weight is 396 g/mol. The van der Waals surface area contributed by atoms with Crippen LogP contribution in [-0.2, 0) is 0 Å². The molecule has 122 valence electrons. The van der Waals surface area contributed by atoms with Crippen LogP contribution >= 0.6 is 15.9 Å². The highest BCUT2D eigenvalue weighted by molar-refractivity contribution is 9.10. The van der Waals surface area contributed by atoms with Crippen molar-refractivity contribution < 1.29 is 0 Å². The highest BCUT2D eigenvalue weighted by Crippen LogP contribution is 2.41. The standard InChI is InChI=1S/C24H14BrN/c25-17-11-9-15(10-12-17)16-13-20-18-5-1-3-7-22(18)26-23-8-4-2-6-19(23)21(14-16)24(20)26/h1-14H. The predicted octanol–water partition coefficient (Wildman–Crippen LogP) is 7.27. The maximum Gasteiger partial charge on any atom is 0.0620 e. The largest absolute Gasteiger partial charge is 0.308 e. The van der Waals surface area contributed by atoms with Crippen molar-refractivity contribution in [3.8, 4) is 11.1 Å². The van der Waals surface area contributed by atoms with Gasteiger partial charge in [0, 0.05) is 26.0 Å². The molecular weight excluding hydrogens is 382 g/mol. The molecule has 0 aliphatic rings. The molecule has 0 unspecified atom stereocenters. The highest BCUT2D eigenvalue weighted by Gasteiger charge is 2.18. The molecule has 6 rings (SSSR count). The van der Waals surface area contributed by atoms with Crippen molar-refractivity contribution in [2.24, 2.45) is 0 Å². The molecule has 0 amide bonds. The molecule has 2 heteroatoms. The fraction of sp³-hybridized carbons (Fsp3) is 0. The lowest BCUT2D eigenvalue weighted by atomic mass is 9.99. The minimum Gasteiger partial charge on any atom is -0.308 e. The van der Waals surface area contributed by atoms with Crippen LogP contribution in [0.2, 0.25) is 0 Å². The molecule has 26 heavy (non-hydrogen) atoms. The zero-order valence-electron chi connectivity index (χ0n) is 13.9. The first kappa shape index (κ1) is 14.3. The van der Waals surface area contributed by atoms with Crippen LogP contribution < -0.4 is 0 Å². The third-order valence-corrected chi connectivity index (χ3v) is 5.91. The van der Waals surface area contributed by atoms with Gasteiger partial charge in [-0.25, -0.2) is 0 Å². The summed E-state index contributed by atoms with van der Waals surface area (Å²) in [6.45, 7) is 0. The molecule has 0 N–H and O–H groups in total. The van der Waals surface area contributed by atoms with Crippen molar-refractivity contribution in [1.29, 1.82) is 0 Å². The number of nitrogens with zero attached hydrogens (tertiary/aromatic N) is 1. The SMILES string of the molecule is Brc1ccc(-c2cc3c4ccccc4n4c5ccccc5c(c2)c34)cc1. The predicted molar refractivity (Wildman–Crippen MR) is 114 cm³/mol. The molecule has 0 radical (unpaired) electrons. The summed E-state index contributed by atoms with van der Waals surface area (Å²) in [6.07, 6.45) is 0. The molecule has 6 aromatic rings. The molecule has 0 aliphatic carbocycles. The molecule has 0 saturated heterocycles. The van der Waals surface area contributed by atoms with Crippen LogP contribution in [0.3, 0.4) is 0 Å². The van der Waals surface area contributed by atoms with E-state index in [0.717, 1.165) is 4.47 Å². The second-order valence-corrected chi connectivity index (χ2v) is 7.71. The van der Waals surface area contributed by atoms with Gasteiger partial charge in [0.15, 0.2) is 0 Å². The highest BCUT2D eigenvalue weighted by atomic mass is 79.9. The zero-order valence-corrected chi connectivity index (χ0v) is 15.5. The minimum atomic E-state index is 1.11. The third-order valence-electron chi connectivity index (χ3n) is 5.38. The number of hydrogen-bond acceptors (Lipinski definition) is 0. The van der Waals surface area contributed by atoms with Crippen LogP contribution in [-0.4, -0.2) is 4.40 Å². The Hall–Kier alpha value is -2.84. The van der Waals surface area contributed by atoms with Crippen molar-refractivity contribution in [1.82, 2.24) is 4.40 Å². The zero-order chi connectivity index (χ0) is 17.3. The molecule has 0 atom stereocenters. The molecule has 1 nitrogen and oxygen atoms in total. The van der Waals surface area contributed by atoms with E-state index >= 15 is 0 Å². The number of para-hydroxylation sites is 2. The Morgan fingerprint density at radius 2 is 1.08 bits per heavy atom. The molecule has 0 saturated carbocycles.